The lowest BCUT2D eigenvalue weighted by Crippen LogP contribution is -2.41. The summed E-state index contributed by atoms with van der Waals surface area (Å²) in [6.45, 7) is 1.73. The van der Waals surface area contributed by atoms with E-state index >= 15 is 0 Å². The highest BCUT2D eigenvalue weighted by atomic mass is 127. The highest BCUT2D eigenvalue weighted by Gasteiger charge is 2.20. The fourth-order valence-electron chi connectivity index (χ4n) is 0.548. The number of halogens is 1. The van der Waals surface area contributed by atoms with Gasteiger partial charge in [-0.3, -0.25) is 0 Å². The third-order valence-electron chi connectivity index (χ3n) is 1.18. The molecule has 0 bridgehead atoms. The molecule has 1 fully saturated rings. The Kier molecular flexibility index (Phi) is 1.93. The van der Waals surface area contributed by atoms with Gasteiger partial charge >= 0.3 is 6.09 Å². The SMILES string of the molecule is O=C(OI)N1CCC1. The van der Waals surface area contributed by atoms with Crippen molar-refractivity contribution in [1.82, 2.24) is 4.90 Å². The van der Waals surface area contributed by atoms with Gasteiger partial charge in [-0.15, -0.1) is 0 Å². The summed E-state index contributed by atoms with van der Waals surface area (Å²) in [5.41, 5.74) is 0. The summed E-state index contributed by atoms with van der Waals surface area (Å²) in [7, 11) is 0. The van der Waals surface area contributed by atoms with Gasteiger partial charge in [-0.05, 0) is 6.42 Å². The number of nitrogens with zero attached hydrogens (tertiary/aromatic N) is 1. The zero-order chi connectivity index (χ0) is 5.98. The molecule has 0 radical (unpaired) electrons. The number of likely N-dealkylation sites (tertiary alicyclic amines) is 1. The molecule has 3 nitrogen and oxygen atoms in total. The van der Waals surface area contributed by atoms with Crippen LogP contribution in [-0.4, -0.2) is 24.1 Å². The molecule has 0 saturated carbocycles. The monoisotopic (exact) mass is 227 g/mol. The van der Waals surface area contributed by atoms with Crippen molar-refractivity contribution < 1.29 is 7.86 Å². The molecule has 4 heteroatoms. The fraction of sp³-hybridized carbons (Fsp3) is 0.750. The molecule has 0 N–H and O–H groups in total. The Hall–Kier alpha value is -0.0000000000000000555. The van der Waals surface area contributed by atoms with Gasteiger partial charge in [0.2, 0.25) is 0 Å². The molecular weight excluding hydrogens is 221 g/mol. The van der Waals surface area contributed by atoms with Gasteiger partial charge in [0.05, 0.1) is 0 Å². The standard InChI is InChI=1S/C4H6INO2/c5-8-4(7)6-2-1-3-6/h1-3H2. The average molecular weight is 227 g/mol. The lowest BCUT2D eigenvalue weighted by atomic mass is 10.2. The Labute approximate surface area is 61.7 Å². The molecule has 0 atom stereocenters. The summed E-state index contributed by atoms with van der Waals surface area (Å²) >= 11 is 1.59. The Morgan fingerprint density at radius 2 is 2.25 bits per heavy atom. The fourth-order valence-corrected chi connectivity index (χ4v) is 0.826. The van der Waals surface area contributed by atoms with E-state index in [9.17, 15) is 4.79 Å². The molecule has 1 amide bonds. The second-order valence-corrected chi connectivity index (χ2v) is 2.12. The van der Waals surface area contributed by atoms with Crippen LogP contribution in [0.5, 0.6) is 0 Å². The van der Waals surface area contributed by atoms with E-state index in [-0.39, 0.29) is 6.09 Å². The van der Waals surface area contributed by atoms with Crippen LogP contribution < -0.4 is 0 Å². The largest absolute Gasteiger partial charge is 0.419 e. The van der Waals surface area contributed by atoms with Gasteiger partial charge in [0, 0.05) is 13.1 Å². The summed E-state index contributed by atoms with van der Waals surface area (Å²) in [6.07, 6.45) is 0.906. The second kappa shape index (κ2) is 2.52. The molecule has 1 saturated heterocycles. The van der Waals surface area contributed by atoms with E-state index < -0.39 is 0 Å². The zero-order valence-corrected chi connectivity index (χ0v) is 6.42. The molecule has 1 rings (SSSR count). The minimum Gasteiger partial charge on any atom is -0.378 e. The first-order chi connectivity index (χ1) is 3.84. The summed E-state index contributed by atoms with van der Waals surface area (Å²) in [4.78, 5) is 12.1. The van der Waals surface area contributed by atoms with Gasteiger partial charge in [-0.2, -0.15) is 0 Å². The molecule has 0 aromatic rings. The first-order valence-electron chi connectivity index (χ1n) is 2.42. The number of hydrogen-bond donors (Lipinski definition) is 0. The number of carbonyl (C=O) groups is 1. The maximum absolute atomic E-state index is 10.5. The van der Waals surface area contributed by atoms with Crippen molar-refractivity contribution in [1.29, 1.82) is 0 Å². The van der Waals surface area contributed by atoms with Crippen molar-refractivity contribution in [3.8, 4) is 0 Å². The van der Waals surface area contributed by atoms with Crippen LogP contribution >= 0.6 is 23.0 Å². The van der Waals surface area contributed by atoms with Crippen LogP contribution in [0.1, 0.15) is 6.42 Å². The Balaban J connectivity index is 2.24. The number of hydrogen-bond acceptors (Lipinski definition) is 2. The Morgan fingerprint density at radius 3 is 2.38 bits per heavy atom. The first-order valence-corrected chi connectivity index (χ1v) is 3.30. The first kappa shape index (κ1) is 6.12. The Bertz CT molecular complexity index is 102. The number of amides is 1. The molecule has 46 valence electrons. The predicted molar refractivity (Wildman–Crippen MR) is 36.7 cm³/mol. The highest BCUT2D eigenvalue weighted by Crippen LogP contribution is 2.08. The number of carbonyl (C=O) groups excluding carboxylic acids is 1. The van der Waals surface area contributed by atoms with E-state index in [1.54, 1.807) is 27.9 Å². The lowest BCUT2D eigenvalue weighted by Gasteiger charge is -2.28. The van der Waals surface area contributed by atoms with Crippen LogP contribution in [0.4, 0.5) is 4.79 Å². The molecule has 1 aliphatic heterocycles. The minimum atomic E-state index is -0.211. The van der Waals surface area contributed by atoms with Crippen LogP contribution in [0.15, 0.2) is 0 Å². The number of rotatable bonds is 0. The smallest absolute Gasteiger partial charge is 0.378 e. The van der Waals surface area contributed by atoms with Gasteiger partial charge in [0.15, 0.2) is 23.0 Å². The van der Waals surface area contributed by atoms with Gasteiger partial charge in [0.25, 0.3) is 0 Å². The van der Waals surface area contributed by atoms with Crippen LogP contribution in [0.3, 0.4) is 0 Å². The van der Waals surface area contributed by atoms with Crippen molar-refractivity contribution in [3.05, 3.63) is 0 Å². The van der Waals surface area contributed by atoms with E-state index in [0.717, 1.165) is 19.5 Å². The van der Waals surface area contributed by atoms with Crippen molar-refractivity contribution >= 4 is 29.1 Å². The lowest BCUT2D eigenvalue weighted by molar-refractivity contribution is 0.138. The van der Waals surface area contributed by atoms with Crippen molar-refractivity contribution in [2.24, 2.45) is 0 Å². The average Bonchev–Trinajstić information content (AvgIpc) is 1.62. The third-order valence-corrected chi connectivity index (χ3v) is 1.56. The van der Waals surface area contributed by atoms with Crippen molar-refractivity contribution in [2.45, 2.75) is 6.42 Å². The molecule has 1 heterocycles. The molecule has 0 aromatic carbocycles. The van der Waals surface area contributed by atoms with E-state index in [4.69, 9.17) is 0 Å². The quantitative estimate of drug-likeness (QED) is 0.581. The van der Waals surface area contributed by atoms with Gasteiger partial charge in [-0.1, -0.05) is 0 Å². The molecule has 0 aliphatic carbocycles. The third kappa shape index (κ3) is 1.04. The minimum absolute atomic E-state index is 0.211. The highest BCUT2D eigenvalue weighted by molar-refractivity contribution is 14.1. The summed E-state index contributed by atoms with van der Waals surface area (Å²) < 4.78 is 4.41. The molecular formula is C4H6INO2. The van der Waals surface area contributed by atoms with E-state index in [0.29, 0.717) is 0 Å². The van der Waals surface area contributed by atoms with Crippen LogP contribution in [0.2, 0.25) is 0 Å². The molecule has 8 heavy (non-hydrogen) atoms. The predicted octanol–water partition coefficient (Wildman–Crippen LogP) is 1.18. The van der Waals surface area contributed by atoms with Crippen LogP contribution in [-0.2, 0) is 3.07 Å². The van der Waals surface area contributed by atoms with Gasteiger partial charge < -0.3 is 7.97 Å². The summed E-state index contributed by atoms with van der Waals surface area (Å²) in [5, 5.41) is 0. The maximum atomic E-state index is 10.5. The summed E-state index contributed by atoms with van der Waals surface area (Å²) in [6, 6.07) is 0. The van der Waals surface area contributed by atoms with Gasteiger partial charge in [-0.25, -0.2) is 4.79 Å². The maximum Gasteiger partial charge on any atom is 0.419 e. The van der Waals surface area contributed by atoms with Gasteiger partial charge in [0.1, 0.15) is 0 Å². The van der Waals surface area contributed by atoms with Crippen molar-refractivity contribution in [3.63, 3.8) is 0 Å². The van der Waals surface area contributed by atoms with Crippen LogP contribution in [0, 0.1) is 0 Å². The molecule has 1 aliphatic rings. The van der Waals surface area contributed by atoms with E-state index in [1.165, 1.54) is 0 Å². The summed E-state index contributed by atoms with van der Waals surface area (Å²) in [5.74, 6) is 0. The van der Waals surface area contributed by atoms with Crippen LogP contribution in [0.25, 0.3) is 0 Å². The molecule has 0 spiro atoms. The second-order valence-electron chi connectivity index (χ2n) is 1.68. The Morgan fingerprint density at radius 1 is 1.62 bits per heavy atom. The molecule has 0 aromatic heterocycles. The van der Waals surface area contributed by atoms with Crippen molar-refractivity contribution in [2.75, 3.05) is 13.1 Å². The zero-order valence-electron chi connectivity index (χ0n) is 4.26. The van der Waals surface area contributed by atoms with E-state index in [2.05, 4.69) is 3.07 Å². The molecule has 0 unspecified atom stereocenters. The van der Waals surface area contributed by atoms with E-state index in [1.807, 2.05) is 0 Å². The topological polar surface area (TPSA) is 29.5 Å². The normalized spacial score (nSPS) is 17.4.